The van der Waals surface area contributed by atoms with Gasteiger partial charge in [0.05, 0.1) is 28.2 Å². The van der Waals surface area contributed by atoms with Gasteiger partial charge in [-0.15, -0.1) is 10.2 Å². The number of nitrogens with zero attached hydrogens (tertiary/aromatic N) is 6. The molecule has 0 unspecified atom stereocenters. The largest absolute Gasteiger partial charge is 0.492 e. The maximum Gasteiger partial charge on any atom is 0.264 e. The Labute approximate surface area is 207 Å². The van der Waals surface area contributed by atoms with Crippen molar-refractivity contribution in [2.45, 2.75) is 11.4 Å². The lowest BCUT2D eigenvalue weighted by Crippen LogP contribution is -2.14. The Morgan fingerprint density at radius 2 is 1.80 bits per heavy atom. The molecule has 3 N–H and O–H groups in total. The van der Waals surface area contributed by atoms with Crippen molar-refractivity contribution in [1.29, 1.82) is 0 Å². The number of para-hydroxylation sites is 2. The summed E-state index contributed by atoms with van der Waals surface area (Å²) in [6.45, 7) is 0.246. The van der Waals surface area contributed by atoms with Gasteiger partial charge in [0.15, 0.2) is 3.95 Å². The fourth-order valence-corrected chi connectivity index (χ4v) is 5.20. The molecule has 0 amide bonds. The molecule has 11 nitrogen and oxygen atoms in total. The zero-order valence-corrected chi connectivity index (χ0v) is 20.2. The van der Waals surface area contributed by atoms with Crippen LogP contribution in [0.2, 0.25) is 0 Å². The lowest BCUT2D eigenvalue weighted by molar-refractivity contribution is 0.423. The van der Waals surface area contributed by atoms with Gasteiger partial charge in [-0.05, 0) is 54.7 Å². The monoisotopic (exact) mass is 524 g/mol. The number of H-pyrrole nitrogens is 1. The second-order valence-corrected chi connectivity index (χ2v) is 10.5. The Morgan fingerprint density at radius 3 is 2.54 bits per heavy atom. The Bertz CT molecular complexity index is 1660. The average Bonchev–Trinajstić information content (AvgIpc) is 3.39. The SMILES string of the molecule is O=S(=O)(Nc1ncccn1)c1ccc(N=Nc2sc(=S)n(Cc3nc4ccccc4[nH]3)c2O)cc1. The van der Waals surface area contributed by atoms with E-state index in [9.17, 15) is 13.5 Å². The Kier molecular flexibility index (Phi) is 6.07. The summed E-state index contributed by atoms with van der Waals surface area (Å²) in [5, 5.41) is 19.0. The number of anilines is 1. The number of nitrogens with one attached hydrogen (secondary N) is 2. The Morgan fingerprint density at radius 1 is 1.06 bits per heavy atom. The number of imidazole rings is 1. The van der Waals surface area contributed by atoms with Crippen LogP contribution in [-0.2, 0) is 16.6 Å². The van der Waals surface area contributed by atoms with Crippen LogP contribution in [0.25, 0.3) is 11.0 Å². The van der Waals surface area contributed by atoms with Crippen molar-refractivity contribution in [1.82, 2.24) is 24.5 Å². The molecule has 5 rings (SSSR count). The van der Waals surface area contributed by atoms with Gasteiger partial charge in [-0.2, -0.15) is 0 Å². The van der Waals surface area contributed by atoms with Crippen LogP contribution in [0.3, 0.4) is 0 Å². The molecule has 176 valence electrons. The van der Waals surface area contributed by atoms with Crippen LogP contribution >= 0.6 is 23.6 Å². The summed E-state index contributed by atoms with van der Waals surface area (Å²) < 4.78 is 29.2. The molecule has 0 aliphatic rings. The first-order valence-corrected chi connectivity index (χ1v) is 12.8. The summed E-state index contributed by atoms with van der Waals surface area (Å²) in [5.41, 5.74) is 2.10. The number of benzene rings is 2. The van der Waals surface area contributed by atoms with Gasteiger partial charge in [0.1, 0.15) is 5.82 Å². The molecule has 0 saturated carbocycles. The van der Waals surface area contributed by atoms with Gasteiger partial charge in [-0.1, -0.05) is 23.5 Å². The van der Waals surface area contributed by atoms with E-state index < -0.39 is 10.0 Å². The maximum absolute atomic E-state index is 12.5. The average molecular weight is 525 g/mol. The van der Waals surface area contributed by atoms with Gasteiger partial charge in [0, 0.05) is 12.4 Å². The van der Waals surface area contributed by atoms with Crippen LogP contribution in [0, 0.1) is 3.95 Å². The van der Waals surface area contributed by atoms with Crippen LogP contribution in [0.15, 0.2) is 82.1 Å². The van der Waals surface area contributed by atoms with E-state index in [0.717, 1.165) is 22.4 Å². The van der Waals surface area contributed by atoms with Crippen molar-refractivity contribution in [2.75, 3.05) is 4.72 Å². The Balaban J connectivity index is 1.32. The predicted molar refractivity (Wildman–Crippen MR) is 133 cm³/mol. The van der Waals surface area contributed by atoms with Crippen molar-refractivity contribution < 1.29 is 13.5 Å². The summed E-state index contributed by atoms with van der Waals surface area (Å²) in [7, 11) is -3.86. The fraction of sp³-hybridized carbons (Fsp3) is 0.0476. The minimum atomic E-state index is -3.86. The van der Waals surface area contributed by atoms with Crippen LogP contribution in [0.5, 0.6) is 5.88 Å². The van der Waals surface area contributed by atoms with Crippen molar-refractivity contribution in [2.24, 2.45) is 10.2 Å². The highest BCUT2D eigenvalue weighted by atomic mass is 32.2. The molecular formula is C21H16N8O3S3. The first kappa shape index (κ1) is 22.8. The molecule has 0 atom stereocenters. The van der Waals surface area contributed by atoms with Gasteiger partial charge in [0.25, 0.3) is 10.0 Å². The lowest BCUT2D eigenvalue weighted by atomic mass is 10.3. The summed E-state index contributed by atoms with van der Waals surface area (Å²) in [5.74, 6) is 0.487. The first-order valence-electron chi connectivity index (χ1n) is 10.1. The van der Waals surface area contributed by atoms with Crippen molar-refractivity contribution in [3.05, 3.63) is 76.8 Å². The molecule has 0 fully saturated rings. The van der Waals surface area contributed by atoms with Crippen LogP contribution < -0.4 is 4.72 Å². The molecule has 0 radical (unpaired) electrons. The molecule has 0 aliphatic carbocycles. The molecule has 2 aromatic carbocycles. The molecule has 35 heavy (non-hydrogen) atoms. The van der Waals surface area contributed by atoms with Crippen LogP contribution in [-0.4, -0.2) is 38.0 Å². The molecule has 5 aromatic rings. The quantitative estimate of drug-likeness (QED) is 0.202. The summed E-state index contributed by atoms with van der Waals surface area (Å²) >= 11 is 6.48. The topological polar surface area (TPSA) is 151 Å². The second-order valence-electron chi connectivity index (χ2n) is 7.16. The van der Waals surface area contributed by atoms with Crippen molar-refractivity contribution in [3.63, 3.8) is 0 Å². The number of aromatic nitrogens is 5. The van der Waals surface area contributed by atoms with E-state index in [2.05, 4.69) is 34.9 Å². The fourth-order valence-electron chi connectivity index (χ4n) is 3.15. The number of thiazole rings is 1. The minimum absolute atomic E-state index is 0.0133. The maximum atomic E-state index is 12.5. The van der Waals surface area contributed by atoms with Crippen molar-refractivity contribution in [3.8, 4) is 5.88 Å². The predicted octanol–water partition coefficient (Wildman–Crippen LogP) is 4.92. The number of rotatable bonds is 7. The molecule has 0 spiro atoms. The standard InChI is InChI=1S/C21H16N8O3S3/c30-19-18(34-21(33)29(19)12-17-24-15-4-1-2-5-16(15)25-17)27-26-13-6-8-14(9-7-13)35(31,32)28-20-22-10-3-11-23-20/h1-11,30H,12H2,(H,24,25)(H,22,23,28). The zero-order valence-electron chi connectivity index (χ0n) is 17.7. The summed E-state index contributed by atoms with van der Waals surface area (Å²) in [6.07, 6.45) is 2.87. The molecule has 0 saturated heterocycles. The third-order valence-corrected chi connectivity index (χ3v) is 7.46. The number of fused-ring (bicyclic) bond motifs is 1. The molecule has 14 heteroatoms. The number of azo groups is 1. The molecule has 0 aliphatic heterocycles. The third-order valence-electron chi connectivity index (χ3n) is 4.79. The van der Waals surface area contributed by atoms with Gasteiger partial charge < -0.3 is 10.1 Å². The third kappa shape index (κ3) is 4.94. The lowest BCUT2D eigenvalue weighted by Gasteiger charge is -2.06. The Hall–Kier alpha value is -4.01. The normalized spacial score (nSPS) is 11.9. The van der Waals surface area contributed by atoms with Gasteiger partial charge in [-0.3, -0.25) is 4.57 Å². The van der Waals surface area contributed by atoms with E-state index in [0.29, 0.717) is 15.5 Å². The number of hydrogen-bond donors (Lipinski definition) is 3. The summed E-state index contributed by atoms with van der Waals surface area (Å²) in [6, 6.07) is 14.9. The molecule has 3 aromatic heterocycles. The van der Waals surface area contributed by atoms with E-state index in [4.69, 9.17) is 12.2 Å². The molecule has 0 bridgehead atoms. The molecule has 3 heterocycles. The van der Waals surface area contributed by atoms with E-state index in [1.165, 1.54) is 41.2 Å². The minimum Gasteiger partial charge on any atom is -0.492 e. The number of aromatic hydroxyl groups is 1. The molecular weight excluding hydrogens is 508 g/mol. The van der Waals surface area contributed by atoms with E-state index in [1.54, 1.807) is 6.07 Å². The van der Waals surface area contributed by atoms with Crippen LogP contribution in [0.4, 0.5) is 16.6 Å². The number of sulfonamides is 1. The second kappa shape index (κ2) is 9.32. The van der Waals surface area contributed by atoms with Gasteiger partial charge >= 0.3 is 0 Å². The smallest absolute Gasteiger partial charge is 0.264 e. The van der Waals surface area contributed by atoms with E-state index in [1.807, 2.05) is 24.3 Å². The summed E-state index contributed by atoms with van der Waals surface area (Å²) in [4.78, 5) is 15.4. The van der Waals surface area contributed by atoms with Gasteiger partial charge in [-0.25, -0.2) is 28.1 Å². The van der Waals surface area contributed by atoms with Crippen molar-refractivity contribution >= 4 is 61.2 Å². The highest BCUT2D eigenvalue weighted by Crippen LogP contribution is 2.36. The highest BCUT2D eigenvalue weighted by molar-refractivity contribution is 7.92. The highest BCUT2D eigenvalue weighted by Gasteiger charge is 2.16. The van der Waals surface area contributed by atoms with Gasteiger partial charge in [0.2, 0.25) is 16.8 Å². The zero-order chi connectivity index (χ0) is 24.4. The van der Waals surface area contributed by atoms with E-state index >= 15 is 0 Å². The number of aromatic amines is 1. The van der Waals surface area contributed by atoms with E-state index in [-0.39, 0.29) is 28.3 Å². The number of hydrogen-bond acceptors (Lipinski definition) is 10. The first-order chi connectivity index (χ1) is 16.9. The van der Waals surface area contributed by atoms with Crippen LogP contribution in [0.1, 0.15) is 5.82 Å².